The SMILES string of the molecule is COc1ccc(C(=O)N2CCN(Cc3ccc(C(=O)N4CCCC4)cc3)CC2)cc1OC. The molecule has 32 heavy (non-hydrogen) atoms. The number of methoxy groups -OCH3 is 2. The lowest BCUT2D eigenvalue weighted by atomic mass is 10.1. The summed E-state index contributed by atoms with van der Waals surface area (Å²) in [6.07, 6.45) is 2.20. The Kier molecular flexibility index (Phi) is 6.95. The molecule has 0 aliphatic carbocycles. The van der Waals surface area contributed by atoms with E-state index in [1.807, 2.05) is 34.1 Å². The summed E-state index contributed by atoms with van der Waals surface area (Å²) in [4.78, 5) is 31.6. The smallest absolute Gasteiger partial charge is 0.254 e. The van der Waals surface area contributed by atoms with Gasteiger partial charge in [-0.05, 0) is 48.7 Å². The minimum atomic E-state index is 0.00961. The molecule has 2 heterocycles. The normalized spacial score (nSPS) is 16.8. The third kappa shape index (κ3) is 4.88. The van der Waals surface area contributed by atoms with Crippen LogP contribution in [0.2, 0.25) is 0 Å². The summed E-state index contributed by atoms with van der Waals surface area (Å²) >= 11 is 0. The first-order valence-corrected chi connectivity index (χ1v) is 11.2. The van der Waals surface area contributed by atoms with Gasteiger partial charge in [0.1, 0.15) is 0 Å². The molecule has 0 spiro atoms. The first-order valence-electron chi connectivity index (χ1n) is 11.2. The van der Waals surface area contributed by atoms with Crippen LogP contribution in [0.25, 0.3) is 0 Å². The van der Waals surface area contributed by atoms with Crippen molar-refractivity contribution in [1.29, 1.82) is 0 Å². The quantitative estimate of drug-likeness (QED) is 0.696. The molecule has 0 unspecified atom stereocenters. The Balaban J connectivity index is 1.30. The van der Waals surface area contributed by atoms with Crippen molar-refractivity contribution in [3.63, 3.8) is 0 Å². The lowest BCUT2D eigenvalue weighted by molar-refractivity contribution is 0.0628. The van der Waals surface area contributed by atoms with Crippen LogP contribution in [0.1, 0.15) is 39.1 Å². The van der Waals surface area contributed by atoms with Crippen LogP contribution in [-0.4, -0.2) is 80.0 Å². The number of ether oxygens (including phenoxy) is 2. The molecule has 2 aliphatic rings. The third-order valence-corrected chi connectivity index (χ3v) is 6.29. The van der Waals surface area contributed by atoms with Crippen molar-refractivity contribution in [2.24, 2.45) is 0 Å². The van der Waals surface area contributed by atoms with Crippen molar-refractivity contribution in [3.8, 4) is 11.5 Å². The van der Waals surface area contributed by atoms with E-state index in [-0.39, 0.29) is 11.8 Å². The van der Waals surface area contributed by atoms with Crippen molar-refractivity contribution in [3.05, 3.63) is 59.2 Å². The molecule has 0 N–H and O–H groups in total. The number of piperazine rings is 1. The maximum Gasteiger partial charge on any atom is 0.254 e. The zero-order valence-corrected chi connectivity index (χ0v) is 18.9. The van der Waals surface area contributed by atoms with Crippen LogP contribution in [-0.2, 0) is 6.54 Å². The second-order valence-corrected chi connectivity index (χ2v) is 8.33. The Labute approximate surface area is 189 Å². The number of rotatable bonds is 6. The Morgan fingerprint density at radius 3 is 1.91 bits per heavy atom. The molecule has 0 bridgehead atoms. The van der Waals surface area contributed by atoms with E-state index in [2.05, 4.69) is 4.90 Å². The monoisotopic (exact) mass is 437 g/mol. The number of hydrogen-bond donors (Lipinski definition) is 0. The van der Waals surface area contributed by atoms with Gasteiger partial charge in [-0.15, -0.1) is 0 Å². The molecule has 2 saturated heterocycles. The van der Waals surface area contributed by atoms with E-state index in [9.17, 15) is 9.59 Å². The molecule has 2 fully saturated rings. The molecule has 170 valence electrons. The molecule has 7 heteroatoms. The Morgan fingerprint density at radius 1 is 0.719 bits per heavy atom. The Hall–Kier alpha value is -3.06. The summed E-state index contributed by atoms with van der Waals surface area (Å²) in [5.74, 6) is 1.32. The third-order valence-electron chi connectivity index (χ3n) is 6.29. The topological polar surface area (TPSA) is 62.3 Å². The van der Waals surface area contributed by atoms with E-state index < -0.39 is 0 Å². The summed E-state index contributed by atoms with van der Waals surface area (Å²) in [6, 6.07) is 13.2. The van der Waals surface area contributed by atoms with Crippen molar-refractivity contribution in [2.75, 3.05) is 53.5 Å². The van der Waals surface area contributed by atoms with Gasteiger partial charge in [-0.25, -0.2) is 0 Å². The van der Waals surface area contributed by atoms with Gasteiger partial charge >= 0.3 is 0 Å². The molecule has 4 rings (SSSR count). The highest BCUT2D eigenvalue weighted by atomic mass is 16.5. The van der Waals surface area contributed by atoms with Crippen LogP contribution >= 0.6 is 0 Å². The molecular weight excluding hydrogens is 406 g/mol. The highest BCUT2D eigenvalue weighted by Gasteiger charge is 2.23. The second kappa shape index (κ2) is 10.0. The van der Waals surface area contributed by atoms with Crippen LogP contribution in [0.4, 0.5) is 0 Å². The van der Waals surface area contributed by atoms with Crippen LogP contribution in [0, 0.1) is 0 Å². The van der Waals surface area contributed by atoms with E-state index in [0.717, 1.165) is 51.1 Å². The van der Waals surface area contributed by atoms with Crippen molar-refractivity contribution in [1.82, 2.24) is 14.7 Å². The predicted octanol–water partition coefficient (Wildman–Crippen LogP) is 2.90. The second-order valence-electron chi connectivity index (χ2n) is 8.33. The standard InChI is InChI=1S/C25H31N3O4/c1-31-22-10-9-21(17-23(22)32-2)25(30)28-15-13-26(14-16-28)18-19-5-7-20(8-6-19)24(29)27-11-3-4-12-27/h5-10,17H,3-4,11-16,18H2,1-2H3. The molecule has 2 aromatic carbocycles. The zero-order valence-electron chi connectivity index (χ0n) is 18.9. The summed E-state index contributed by atoms with van der Waals surface area (Å²) < 4.78 is 10.6. The molecule has 0 aromatic heterocycles. The molecule has 2 amide bonds. The summed E-state index contributed by atoms with van der Waals surface area (Å²) in [5.41, 5.74) is 2.55. The van der Waals surface area contributed by atoms with Gasteiger partial charge in [-0.1, -0.05) is 12.1 Å². The fourth-order valence-electron chi connectivity index (χ4n) is 4.37. The Morgan fingerprint density at radius 2 is 1.28 bits per heavy atom. The first-order chi connectivity index (χ1) is 15.6. The highest BCUT2D eigenvalue weighted by Crippen LogP contribution is 2.28. The van der Waals surface area contributed by atoms with Crippen LogP contribution in [0.15, 0.2) is 42.5 Å². The lowest BCUT2D eigenvalue weighted by Crippen LogP contribution is -2.48. The van der Waals surface area contributed by atoms with Crippen molar-refractivity contribution < 1.29 is 19.1 Å². The van der Waals surface area contributed by atoms with Gasteiger partial charge < -0.3 is 19.3 Å². The summed E-state index contributed by atoms with van der Waals surface area (Å²) in [5, 5.41) is 0. The Bertz CT molecular complexity index is 946. The molecule has 2 aromatic rings. The largest absolute Gasteiger partial charge is 0.493 e. The van der Waals surface area contributed by atoms with Gasteiger partial charge in [-0.2, -0.15) is 0 Å². The number of amides is 2. The predicted molar refractivity (Wildman–Crippen MR) is 122 cm³/mol. The van der Waals surface area contributed by atoms with E-state index in [1.165, 1.54) is 5.56 Å². The van der Waals surface area contributed by atoms with Gasteiger partial charge in [0.25, 0.3) is 11.8 Å². The number of hydrogen-bond acceptors (Lipinski definition) is 5. The maximum atomic E-state index is 12.9. The highest BCUT2D eigenvalue weighted by molar-refractivity contribution is 5.95. The molecule has 0 radical (unpaired) electrons. The number of likely N-dealkylation sites (tertiary alicyclic amines) is 1. The van der Waals surface area contributed by atoms with E-state index in [4.69, 9.17) is 9.47 Å². The van der Waals surface area contributed by atoms with Gasteiger partial charge in [0.05, 0.1) is 14.2 Å². The fourth-order valence-corrected chi connectivity index (χ4v) is 4.37. The van der Waals surface area contributed by atoms with E-state index >= 15 is 0 Å². The van der Waals surface area contributed by atoms with Gasteiger partial charge in [-0.3, -0.25) is 14.5 Å². The first kappa shape index (κ1) is 22.1. The zero-order chi connectivity index (χ0) is 22.5. The number of nitrogens with zero attached hydrogens (tertiary/aromatic N) is 3. The van der Waals surface area contributed by atoms with Crippen LogP contribution in [0.3, 0.4) is 0 Å². The van der Waals surface area contributed by atoms with E-state index in [1.54, 1.807) is 32.4 Å². The van der Waals surface area contributed by atoms with Crippen LogP contribution in [0.5, 0.6) is 11.5 Å². The van der Waals surface area contributed by atoms with Gasteiger partial charge in [0.2, 0.25) is 0 Å². The van der Waals surface area contributed by atoms with Crippen LogP contribution < -0.4 is 9.47 Å². The average molecular weight is 438 g/mol. The van der Waals surface area contributed by atoms with Gasteiger partial charge in [0, 0.05) is 56.9 Å². The average Bonchev–Trinajstić information content (AvgIpc) is 3.39. The molecule has 0 saturated carbocycles. The maximum absolute atomic E-state index is 12.9. The molecule has 7 nitrogen and oxygen atoms in total. The van der Waals surface area contributed by atoms with E-state index in [0.29, 0.717) is 30.2 Å². The summed E-state index contributed by atoms with van der Waals surface area (Å²) in [7, 11) is 3.15. The summed E-state index contributed by atoms with van der Waals surface area (Å²) in [6.45, 7) is 5.54. The lowest BCUT2D eigenvalue weighted by Gasteiger charge is -2.35. The fraction of sp³-hybridized carbons (Fsp3) is 0.440. The minimum Gasteiger partial charge on any atom is -0.493 e. The number of carbonyl (C=O) groups excluding carboxylic acids is 2. The van der Waals surface area contributed by atoms with Crippen molar-refractivity contribution in [2.45, 2.75) is 19.4 Å². The van der Waals surface area contributed by atoms with Gasteiger partial charge in [0.15, 0.2) is 11.5 Å². The molecule has 2 aliphatic heterocycles. The number of carbonyl (C=O) groups is 2. The molecular formula is C25H31N3O4. The molecule has 0 atom stereocenters. The minimum absolute atomic E-state index is 0.00961. The number of benzene rings is 2. The van der Waals surface area contributed by atoms with Crippen molar-refractivity contribution >= 4 is 11.8 Å².